The van der Waals surface area contributed by atoms with Gasteiger partial charge in [-0.05, 0) is 52.4 Å². The summed E-state index contributed by atoms with van der Waals surface area (Å²) in [6, 6.07) is -0.177. The molecule has 1 aromatic rings. The summed E-state index contributed by atoms with van der Waals surface area (Å²) in [5.41, 5.74) is 1.85. The molecule has 0 spiro atoms. The van der Waals surface area contributed by atoms with Crippen LogP contribution in [0.4, 0.5) is 0 Å². The van der Waals surface area contributed by atoms with Gasteiger partial charge >= 0.3 is 0 Å². The Balaban J connectivity index is 1.72. The van der Waals surface area contributed by atoms with Gasteiger partial charge in [-0.25, -0.2) is 9.97 Å². The lowest BCUT2D eigenvalue weighted by atomic mass is 9.82. The van der Waals surface area contributed by atoms with Crippen LogP contribution in [0.1, 0.15) is 67.2 Å². The van der Waals surface area contributed by atoms with Crippen molar-refractivity contribution in [3.05, 3.63) is 23.3 Å². The summed E-state index contributed by atoms with van der Waals surface area (Å²) in [5.74, 6) is 0.0140. The fourth-order valence-electron chi connectivity index (χ4n) is 4.35. The standard InChI is InChI=1S/C21H32N4O3/c1-4-11-28-18-8-7-16(21(27)25-9-5-6-10-25)12-17(18)24-20(26)19-14(2)22-13-23-15(19)3/h13,16-18H,4-12H2,1-3H3,(H,24,26)/t16-,17+,18+/m0/s1. The Morgan fingerprint density at radius 1 is 1.18 bits per heavy atom. The molecule has 3 rings (SSSR count). The first-order valence-corrected chi connectivity index (χ1v) is 10.5. The van der Waals surface area contributed by atoms with E-state index in [1.54, 1.807) is 0 Å². The molecule has 2 aliphatic rings. The van der Waals surface area contributed by atoms with Crippen molar-refractivity contribution in [1.29, 1.82) is 0 Å². The smallest absolute Gasteiger partial charge is 0.255 e. The Bertz CT molecular complexity index is 683. The molecular formula is C21H32N4O3. The summed E-state index contributed by atoms with van der Waals surface area (Å²) < 4.78 is 6.02. The number of hydrogen-bond acceptors (Lipinski definition) is 5. The molecule has 3 atom stereocenters. The van der Waals surface area contributed by atoms with E-state index in [9.17, 15) is 9.59 Å². The van der Waals surface area contributed by atoms with Crippen LogP contribution in [0, 0.1) is 19.8 Å². The van der Waals surface area contributed by atoms with Gasteiger partial charge in [0, 0.05) is 25.6 Å². The zero-order chi connectivity index (χ0) is 20.1. The summed E-state index contributed by atoms with van der Waals surface area (Å²) in [5, 5.41) is 3.14. The minimum Gasteiger partial charge on any atom is -0.376 e. The number of carbonyl (C=O) groups excluding carboxylic acids is 2. The fraction of sp³-hybridized carbons (Fsp3) is 0.714. The predicted octanol–water partition coefficient (Wildman–Crippen LogP) is 2.41. The number of aromatic nitrogens is 2. The number of ether oxygens (including phenoxy) is 1. The summed E-state index contributed by atoms with van der Waals surface area (Å²) in [6.07, 6.45) is 6.76. The minimum absolute atomic E-state index is 0.0425. The molecule has 1 saturated heterocycles. The number of amides is 2. The van der Waals surface area contributed by atoms with Gasteiger partial charge in [0.2, 0.25) is 5.91 Å². The SMILES string of the molecule is CCCO[C@@H]1CC[C@H](C(=O)N2CCCC2)C[C@H]1NC(=O)c1c(C)ncnc1C. The van der Waals surface area contributed by atoms with Crippen LogP contribution in [0.15, 0.2) is 6.33 Å². The number of likely N-dealkylation sites (tertiary alicyclic amines) is 1. The molecule has 154 valence electrons. The van der Waals surface area contributed by atoms with Crippen LogP contribution >= 0.6 is 0 Å². The van der Waals surface area contributed by atoms with Crippen LogP contribution in [-0.2, 0) is 9.53 Å². The van der Waals surface area contributed by atoms with Crippen molar-refractivity contribution in [2.75, 3.05) is 19.7 Å². The van der Waals surface area contributed by atoms with Crippen molar-refractivity contribution in [3.63, 3.8) is 0 Å². The van der Waals surface area contributed by atoms with Gasteiger partial charge in [0.25, 0.3) is 5.91 Å². The third kappa shape index (κ3) is 4.69. The van der Waals surface area contributed by atoms with Crippen molar-refractivity contribution < 1.29 is 14.3 Å². The van der Waals surface area contributed by atoms with Gasteiger partial charge in [0.05, 0.1) is 29.1 Å². The van der Waals surface area contributed by atoms with Crippen LogP contribution in [0.5, 0.6) is 0 Å². The number of rotatable bonds is 6. The Kier molecular flexibility index (Phi) is 6.99. The Labute approximate surface area is 167 Å². The molecule has 7 nitrogen and oxygen atoms in total. The lowest BCUT2D eigenvalue weighted by Gasteiger charge is -2.37. The van der Waals surface area contributed by atoms with E-state index in [1.165, 1.54) is 6.33 Å². The van der Waals surface area contributed by atoms with Gasteiger partial charge in [-0.15, -0.1) is 0 Å². The van der Waals surface area contributed by atoms with Crippen LogP contribution in [0.25, 0.3) is 0 Å². The number of carbonyl (C=O) groups is 2. The van der Waals surface area contributed by atoms with E-state index in [-0.39, 0.29) is 29.9 Å². The van der Waals surface area contributed by atoms with Crippen LogP contribution in [0.3, 0.4) is 0 Å². The number of nitrogens with one attached hydrogen (secondary N) is 1. The lowest BCUT2D eigenvalue weighted by Crippen LogP contribution is -2.51. The Morgan fingerprint density at radius 2 is 1.86 bits per heavy atom. The van der Waals surface area contributed by atoms with E-state index in [0.29, 0.717) is 30.0 Å². The fourth-order valence-corrected chi connectivity index (χ4v) is 4.35. The minimum atomic E-state index is -0.181. The molecule has 0 radical (unpaired) electrons. The highest BCUT2D eigenvalue weighted by Crippen LogP contribution is 2.30. The molecule has 0 unspecified atom stereocenters. The first-order chi connectivity index (χ1) is 13.5. The molecule has 1 aliphatic carbocycles. The molecule has 7 heteroatoms. The first kappa shape index (κ1) is 20.7. The van der Waals surface area contributed by atoms with E-state index in [2.05, 4.69) is 22.2 Å². The topological polar surface area (TPSA) is 84.4 Å². The van der Waals surface area contributed by atoms with Crippen molar-refractivity contribution in [1.82, 2.24) is 20.2 Å². The van der Waals surface area contributed by atoms with E-state index < -0.39 is 0 Å². The van der Waals surface area contributed by atoms with Crippen LogP contribution in [0.2, 0.25) is 0 Å². The molecular weight excluding hydrogens is 356 g/mol. The molecule has 1 aliphatic heterocycles. The van der Waals surface area contributed by atoms with E-state index in [0.717, 1.165) is 45.2 Å². The highest BCUT2D eigenvalue weighted by atomic mass is 16.5. The van der Waals surface area contributed by atoms with E-state index in [4.69, 9.17) is 4.74 Å². The van der Waals surface area contributed by atoms with Gasteiger partial charge in [0.1, 0.15) is 6.33 Å². The zero-order valence-electron chi connectivity index (χ0n) is 17.2. The van der Waals surface area contributed by atoms with Gasteiger partial charge < -0.3 is 15.0 Å². The molecule has 2 fully saturated rings. The second kappa shape index (κ2) is 9.45. The normalized spacial score (nSPS) is 25.0. The third-order valence-corrected chi connectivity index (χ3v) is 5.86. The number of nitrogens with zero attached hydrogens (tertiary/aromatic N) is 3. The second-order valence-electron chi connectivity index (χ2n) is 7.95. The molecule has 28 heavy (non-hydrogen) atoms. The maximum atomic E-state index is 13.0. The van der Waals surface area contributed by atoms with E-state index in [1.807, 2.05) is 18.7 Å². The molecule has 1 saturated carbocycles. The number of hydrogen-bond donors (Lipinski definition) is 1. The molecule has 1 aromatic heterocycles. The van der Waals surface area contributed by atoms with Crippen LogP contribution in [-0.4, -0.2) is 58.5 Å². The predicted molar refractivity (Wildman–Crippen MR) is 106 cm³/mol. The molecule has 0 bridgehead atoms. The van der Waals surface area contributed by atoms with Crippen molar-refractivity contribution >= 4 is 11.8 Å². The maximum Gasteiger partial charge on any atom is 0.255 e. The summed E-state index contributed by atoms with van der Waals surface area (Å²) >= 11 is 0. The monoisotopic (exact) mass is 388 g/mol. The zero-order valence-corrected chi connectivity index (χ0v) is 17.2. The lowest BCUT2D eigenvalue weighted by molar-refractivity contribution is -0.137. The largest absolute Gasteiger partial charge is 0.376 e. The Morgan fingerprint density at radius 3 is 2.50 bits per heavy atom. The van der Waals surface area contributed by atoms with Crippen LogP contribution < -0.4 is 5.32 Å². The Hall–Kier alpha value is -2.02. The van der Waals surface area contributed by atoms with Gasteiger partial charge in [0.15, 0.2) is 0 Å². The second-order valence-corrected chi connectivity index (χ2v) is 7.95. The molecule has 2 heterocycles. The quantitative estimate of drug-likeness (QED) is 0.809. The summed E-state index contributed by atoms with van der Waals surface area (Å²) in [7, 11) is 0. The average molecular weight is 389 g/mol. The van der Waals surface area contributed by atoms with Gasteiger partial charge in [-0.2, -0.15) is 0 Å². The van der Waals surface area contributed by atoms with Crippen molar-refractivity contribution in [3.8, 4) is 0 Å². The average Bonchev–Trinajstić information content (AvgIpc) is 3.21. The maximum absolute atomic E-state index is 13.0. The first-order valence-electron chi connectivity index (χ1n) is 10.5. The summed E-state index contributed by atoms with van der Waals surface area (Å²) in [6.45, 7) is 8.09. The number of aryl methyl sites for hydroxylation is 2. The van der Waals surface area contributed by atoms with Crippen molar-refractivity contribution in [2.24, 2.45) is 5.92 Å². The molecule has 2 amide bonds. The summed E-state index contributed by atoms with van der Waals surface area (Å²) in [4.78, 5) is 36.1. The molecule has 0 aromatic carbocycles. The van der Waals surface area contributed by atoms with Crippen molar-refractivity contribution in [2.45, 2.75) is 71.4 Å². The van der Waals surface area contributed by atoms with E-state index >= 15 is 0 Å². The highest BCUT2D eigenvalue weighted by molar-refractivity contribution is 5.96. The highest BCUT2D eigenvalue weighted by Gasteiger charge is 2.37. The van der Waals surface area contributed by atoms with Gasteiger partial charge in [-0.1, -0.05) is 6.92 Å². The van der Waals surface area contributed by atoms with Gasteiger partial charge in [-0.3, -0.25) is 9.59 Å². The molecule has 1 N–H and O–H groups in total. The third-order valence-electron chi connectivity index (χ3n) is 5.86.